The fraction of sp³-hybridized carbons (Fsp3) is 0.611. The topological polar surface area (TPSA) is 50.4 Å². The third kappa shape index (κ3) is 5.68. The van der Waals surface area contributed by atoms with Gasteiger partial charge in [-0.05, 0) is 75.9 Å². The molecule has 1 atom stereocenters. The maximum Gasteiger partial charge on any atom is 0.224 e. The largest absolute Gasteiger partial charge is 0.491 e. The molecule has 1 heterocycles. The van der Waals surface area contributed by atoms with Crippen molar-refractivity contribution in [1.29, 1.82) is 0 Å². The van der Waals surface area contributed by atoms with E-state index >= 15 is 0 Å². The zero-order chi connectivity index (χ0) is 15.8. The first kappa shape index (κ1) is 16.8. The van der Waals surface area contributed by atoms with Crippen LogP contribution < -0.4 is 15.4 Å². The Kier molecular flexibility index (Phi) is 6.72. The molecule has 122 valence electrons. The van der Waals surface area contributed by atoms with E-state index in [1.165, 1.54) is 12.8 Å². The van der Waals surface area contributed by atoms with E-state index in [1.54, 1.807) is 0 Å². The molecule has 1 saturated heterocycles. The fourth-order valence-corrected chi connectivity index (χ4v) is 2.66. The predicted molar refractivity (Wildman–Crippen MR) is 90.3 cm³/mol. The lowest BCUT2D eigenvalue weighted by molar-refractivity contribution is -0.116. The van der Waals surface area contributed by atoms with Crippen LogP contribution in [0, 0.1) is 5.92 Å². The van der Waals surface area contributed by atoms with Gasteiger partial charge >= 0.3 is 0 Å². The molecule has 4 nitrogen and oxygen atoms in total. The molecule has 0 radical (unpaired) electrons. The molecular formula is C18H28N2O2. The highest BCUT2D eigenvalue weighted by Crippen LogP contribution is 2.20. The van der Waals surface area contributed by atoms with E-state index in [-0.39, 0.29) is 12.0 Å². The van der Waals surface area contributed by atoms with Gasteiger partial charge in [0.1, 0.15) is 5.75 Å². The number of anilines is 1. The standard InChI is InChI=1S/C18H28N2O2/c1-3-14(2)22-17-7-5-16(6-8-17)20-18(21)9-4-15-10-12-19-13-11-15/h5-8,14-15,19H,3-4,9-13H2,1-2H3,(H,20,21). The van der Waals surface area contributed by atoms with Crippen molar-refractivity contribution >= 4 is 11.6 Å². The maximum absolute atomic E-state index is 12.0. The summed E-state index contributed by atoms with van der Waals surface area (Å²) in [7, 11) is 0. The Labute approximate surface area is 133 Å². The molecule has 2 rings (SSSR count). The highest BCUT2D eigenvalue weighted by Gasteiger charge is 2.14. The van der Waals surface area contributed by atoms with Gasteiger partial charge in [0.05, 0.1) is 6.10 Å². The minimum atomic E-state index is 0.106. The average Bonchev–Trinajstić information content (AvgIpc) is 2.55. The van der Waals surface area contributed by atoms with Gasteiger partial charge in [0.25, 0.3) is 0 Å². The molecule has 0 aromatic heterocycles. The van der Waals surface area contributed by atoms with Gasteiger partial charge in [-0.25, -0.2) is 0 Å². The van der Waals surface area contributed by atoms with E-state index in [4.69, 9.17) is 4.74 Å². The van der Waals surface area contributed by atoms with Crippen molar-refractivity contribution in [1.82, 2.24) is 5.32 Å². The van der Waals surface area contributed by atoms with Crippen LogP contribution in [0.3, 0.4) is 0 Å². The summed E-state index contributed by atoms with van der Waals surface area (Å²) in [6.45, 7) is 6.33. The van der Waals surface area contributed by atoms with Gasteiger partial charge in [0, 0.05) is 12.1 Å². The predicted octanol–water partition coefficient (Wildman–Crippen LogP) is 3.58. The van der Waals surface area contributed by atoms with Gasteiger partial charge in [0.15, 0.2) is 0 Å². The van der Waals surface area contributed by atoms with E-state index in [9.17, 15) is 4.79 Å². The third-order valence-corrected chi connectivity index (χ3v) is 4.29. The molecule has 0 saturated carbocycles. The quantitative estimate of drug-likeness (QED) is 0.809. The molecule has 22 heavy (non-hydrogen) atoms. The second-order valence-corrected chi connectivity index (χ2v) is 6.14. The van der Waals surface area contributed by atoms with Crippen molar-refractivity contribution in [2.45, 2.75) is 52.1 Å². The van der Waals surface area contributed by atoms with Gasteiger partial charge in [-0.2, -0.15) is 0 Å². The van der Waals surface area contributed by atoms with Crippen LogP contribution in [-0.2, 0) is 4.79 Å². The summed E-state index contributed by atoms with van der Waals surface area (Å²) >= 11 is 0. The lowest BCUT2D eigenvalue weighted by Gasteiger charge is -2.22. The molecule has 1 amide bonds. The van der Waals surface area contributed by atoms with Gasteiger partial charge in [-0.15, -0.1) is 0 Å². The number of amides is 1. The highest BCUT2D eigenvalue weighted by molar-refractivity contribution is 5.90. The first-order valence-corrected chi connectivity index (χ1v) is 8.44. The number of benzene rings is 1. The lowest BCUT2D eigenvalue weighted by Crippen LogP contribution is -2.28. The summed E-state index contributed by atoms with van der Waals surface area (Å²) in [5, 5.41) is 6.32. The summed E-state index contributed by atoms with van der Waals surface area (Å²) in [6, 6.07) is 7.63. The molecule has 1 fully saturated rings. The van der Waals surface area contributed by atoms with Crippen LogP contribution in [0.15, 0.2) is 24.3 Å². The molecule has 0 bridgehead atoms. The minimum Gasteiger partial charge on any atom is -0.491 e. The van der Waals surface area contributed by atoms with Gasteiger partial charge in [-0.1, -0.05) is 6.92 Å². The van der Waals surface area contributed by atoms with Crippen molar-refractivity contribution in [2.75, 3.05) is 18.4 Å². The second kappa shape index (κ2) is 8.79. The van der Waals surface area contributed by atoms with Gasteiger partial charge in [0.2, 0.25) is 5.91 Å². The van der Waals surface area contributed by atoms with Gasteiger partial charge < -0.3 is 15.4 Å². The van der Waals surface area contributed by atoms with Crippen LogP contribution in [-0.4, -0.2) is 25.1 Å². The maximum atomic E-state index is 12.0. The molecule has 0 spiro atoms. The highest BCUT2D eigenvalue weighted by atomic mass is 16.5. The Morgan fingerprint density at radius 2 is 2.00 bits per heavy atom. The normalized spacial score (nSPS) is 17.0. The van der Waals surface area contributed by atoms with Crippen LogP contribution in [0.1, 0.15) is 46.0 Å². The summed E-state index contributed by atoms with van der Waals surface area (Å²) < 4.78 is 5.73. The van der Waals surface area contributed by atoms with Gasteiger partial charge in [-0.3, -0.25) is 4.79 Å². The van der Waals surface area contributed by atoms with Crippen LogP contribution in [0.5, 0.6) is 5.75 Å². The molecule has 1 unspecified atom stereocenters. The zero-order valence-electron chi connectivity index (χ0n) is 13.7. The number of carbonyl (C=O) groups excluding carboxylic acids is 1. The number of hydrogen-bond donors (Lipinski definition) is 2. The number of piperidine rings is 1. The Morgan fingerprint density at radius 3 is 2.64 bits per heavy atom. The second-order valence-electron chi connectivity index (χ2n) is 6.14. The summed E-state index contributed by atoms with van der Waals surface area (Å²) in [6.07, 6.45) is 5.17. The first-order valence-electron chi connectivity index (χ1n) is 8.44. The Hall–Kier alpha value is -1.55. The Bertz CT molecular complexity index is 453. The SMILES string of the molecule is CCC(C)Oc1ccc(NC(=O)CCC2CCNCC2)cc1. The number of nitrogens with one attached hydrogen (secondary N) is 2. The van der Waals surface area contributed by atoms with Crippen molar-refractivity contribution < 1.29 is 9.53 Å². The zero-order valence-corrected chi connectivity index (χ0v) is 13.7. The third-order valence-electron chi connectivity index (χ3n) is 4.29. The molecule has 4 heteroatoms. The molecule has 1 aromatic rings. The van der Waals surface area contributed by atoms with E-state index < -0.39 is 0 Å². The van der Waals surface area contributed by atoms with Crippen molar-refractivity contribution in [2.24, 2.45) is 5.92 Å². The van der Waals surface area contributed by atoms with E-state index in [1.807, 2.05) is 24.3 Å². The molecule has 1 aromatic carbocycles. The van der Waals surface area contributed by atoms with E-state index in [0.717, 1.165) is 37.4 Å². The summed E-state index contributed by atoms with van der Waals surface area (Å²) in [5.41, 5.74) is 0.840. The smallest absolute Gasteiger partial charge is 0.224 e. The van der Waals surface area contributed by atoms with Crippen LogP contribution >= 0.6 is 0 Å². The van der Waals surface area contributed by atoms with E-state index in [0.29, 0.717) is 12.3 Å². The van der Waals surface area contributed by atoms with E-state index in [2.05, 4.69) is 24.5 Å². The first-order chi connectivity index (χ1) is 10.7. The fourth-order valence-electron chi connectivity index (χ4n) is 2.66. The molecular weight excluding hydrogens is 276 g/mol. The number of rotatable bonds is 7. The van der Waals surface area contributed by atoms with Crippen LogP contribution in [0.2, 0.25) is 0 Å². The summed E-state index contributed by atoms with van der Waals surface area (Å²) in [5.74, 6) is 1.65. The molecule has 2 N–H and O–H groups in total. The van der Waals surface area contributed by atoms with Crippen molar-refractivity contribution in [3.63, 3.8) is 0 Å². The molecule has 1 aliphatic rings. The summed E-state index contributed by atoms with van der Waals surface area (Å²) in [4.78, 5) is 12.0. The number of carbonyl (C=O) groups is 1. The number of hydrogen-bond acceptors (Lipinski definition) is 3. The molecule has 1 aliphatic heterocycles. The minimum absolute atomic E-state index is 0.106. The van der Waals surface area contributed by atoms with Crippen LogP contribution in [0.25, 0.3) is 0 Å². The van der Waals surface area contributed by atoms with Crippen molar-refractivity contribution in [3.05, 3.63) is 24.3 Å². The van der Waals surface area contributed by atoms with Crippen LogP contribution in [0.4, 0.5) is 5.69 Å². The average molecular weight is 304 g/mol. The lowest BCUT2D eigenvalue weighted by atomic mass is 9.93. The monoisotopic (exact) mass is 304 g/mol. The molecule has 0 aliphatic carbocycles. The Morgan fingerprint density at radius 1 is 1.32 bits per heavy atom. The number of ether oxygens (including phenoxy) is 1. The Balaban J connectivity index is 1.73. The van der Waals surface area contributed by atoms with Crippen molar-refractivity contribution in [3.8, 4) is 5.75 Å².